The maximum Gasteiger partial charge on any atom is 0.338 e. The van der Waals surface area contributed by atoms with Crippen molar-refractivity contribution in [3.05, 3.63) is 108 Å². The molecule has 0 aliphatic heterocycles. The van der Waals surface area contributed by atoms with E-state index >= 15 is 0 Å². The predicted molar refractivity (Wildman–Crippen MR) is 181 cm³/mol. The summed E-state index contributed by atoms with van der Waals surface area (Å²) >= 11 is 0. The molecular weight excluding hydrogens is 614 g/mol. The van der Waals surface area contributed by atoms with Gasteiger partial charge in [0, 0.05) is 25.4 Å². The van der Waals surface area contributed by atoms with Crippen LogP contribution in [0.5, 0.6) is 0 Å². The van der Waals surface area contributed by atoms with Crippen molar-refractivity contribution in [3.8, 4) is 11.1 Å². The Kier molecular flexibility index (Phi) is 14.0. The van der Waals surface area contributed by atoms with Crippen molar-refractivity contribution in [1.29, 1.82) is 0 Å². The number of hydrogen-bond donors (Lipinski definition) is 1. The van der Waals surface area contributed by atoms with E-state index in [1.54, 1.807) is 18.2 Å². The fourth-order valence-corrected chi connectivity index (χ4v) is 6.39. The molecule has 0 unspecified atom stereocenters. The third kappa shape index (κ3) is 11.2. The number of ether oxygens (including phenoxy) is 2. The number of carbonyl (C=O) groups excluding carboxylic acids is 3. The van der Waals surface area contributed by atoms with Crippen LogP contribution < -0.4 is 0 Å². The lowest BCUT2D eigenvalue weighted by molar-refractivity contribution is -0.147. The molecule has 256 valence electrons. The van der Waals surface area contributed by atoms with Gasteiger partial charge in [-0.25, -0.2) is 13.6 Å². The molecular formula is C40H46F2O6. The van der Waals surface area contributed by atoms with Gasteiger partial charge in [0.25, 0.3) is 0 Å². The maximum absolute atomic E-state index is 14.1. The highest BCUT2D eigenvalue weighted by Crippen LogP contribution is 2.39. The SMILES string of the molecule is CC(C)OC(=O)CCC[C@H](CO)CC[C@H]1CC[C@@H](OC(=O)c2ccc(-c3ccccc3)cc2)[C@@H]1/C=C/C(=O)CCc1cc(F)ccc1F. The summed E-state index contributed by atoms with van der Waals surface area (Å²) in [6, 6.07) is 20.3. The Morgan fingerprint density at radius 1 is 0.917 bits per heavy atom. The first-order chi connectivity index (χ1) is 23.1. The topological polar surface area (TPSA) is 89.9 Å². The van der Waals surface area contributed by atoms with Gasteiger partial charge in [0.1, 0.15) is 17.7 Å². The third-order valence-corrected chi connectivity index (χ3v) is 9.00. The second-order valence-electron chi connectivity index (χ2n) is 12.9. The van der Waals surface area contributed by atoms with Gasteiger partial charge < -0.3 is 14.6 Å². The number of allylic oxidation sites excluding steroid dienone is 1. The van der Waals surface area contributed by atoms with Crippen molar-refractivity contribution in [1.82, 2.24) is 0 Å². The van der Waals surface area contributed by atoms with E-state index in [0.717, 1.165) is 48.6 Å². The van der Waals surface area contributed by atoms with Gasteiger partial charge in [-0.05, 0) is 124 Å². The van der Waals surface area contributed by atoms with Crippen LogP contribution in [0.25, 0.3) is 11.1 Å². The van der Waals surface area contributed by atoms with Crippen LogP contribution in [0, 0.1) is 29.4 Å². The Labute approximate surface area is 282 Å². The Bertz CT molecular complexity index is 1520. The molecule has 0 radical (unpaired) electrons. The number of esters is 2. The Balaban J connectivity index is 1.40. The highest BCUT2D eigenvalue weighted by molar-refractivity contribution is 5.91. The average molecular weight is 661 g/mol. The minimum absolute atomic E-state index is 0.00102. The van der Waals surface area contributed by atoms with E-state index in [4.69, 9.17) is 9.47 Å². The van der Waals surface area contributed by atoms with Gasteiger partial charge >= 0.3 is 11.9 Å². The fourth-order valence-electron chi connectivity index (χ4n) is 6.39. The van der Waals surface area contributed by atoms with E-state index in [0.29, 0.717) is 31.2 Å². The summed E-state index contributed by atoms with van der Waals surface area (Å²) in [5.74, 6) is -2.13. The summed E-state index contributed by atoms with van der Waals surface area (Å²) in [7, 11) is 0. The average Bonchev–Trinajstić information content (AvgIpc) is 3.46. The molecule has 1 saturated carbocycles. The third-order valence-electron chi connectivity index (χ3n) is 9.00. The maximum atomic E-state index is 14.1. The van der Waals surface area contributed by atoms with Crippen LogP contribution >= 0.6 is 0 Å². The number of halogens is 2. The molecule has 1 fully saturated rings. The molecule has 1 aliphatic carbocycles. The molecule has 0 spiro atoms. The Morgan fingerprint density at radius 2 is 1.65 bits per heavy atom. The van der Waals surface area contributed by atoms with Gasteiger partial charge in [-0.2, -0.15) is 0 Å². The number of rotatable bonds is 17. The fraction of sp³-hybridized carbons (Fsp3) is 0.425. The number of carbonyl (C=O) groups is 3. The van der Waals surface area contributed by atoms with Crippen molar-refractivity contribution < 1.29 is 37.7 Å². The van der Waals surface area contributed by atoms with E-state index in [1.807, 2.05) is 56.3 Å². The summed E-state index contributed by atoms with van der Waals surface area (Å²) in [4.78, 5) is 38.0. The Hall–Kier alpha value is -4.17. The largest absolute Gasteiger partial charge is 0.463 e. The first-order valence-electron chi connectivity index (χ1n) is 16.9. The van der Waals surface area contributed by atoms with Crippen molar-refractivity contribution in [2.45, 2.75) is 83.8 Å². The van der Waals surface area contributed by atoms with Gasteiger partial charge in [0.2, 0.25) is 0 Å². The lowest BCUT2D eigenvalue weighted by Crippen LogP contribution is -2.25. The lowest BCUT2D eigenvalue weighted by Gasteiger charge is -2.24. The van der Waals surface area contributed by atoms with Gasteiger partial charge in [0.05, 0.1) is 11.7 Å². The normalized spacial score (nSPS) is 18.2. The minimum atomic E-state index is -0.556. The summed E-state index contributed by atoms with van der Waals surface area (Å²) in [5.41, 5.74) is 2.61. The standard InChI is InChI=1S/C40H46F2O6/c1-27(2)47-39(45)10-6-7-28(26-43)11-12-31-18-24-38(36(31)22-21-35(44)20-17-33-25-34(41)19-23-37(33)42)48-40(46)32-15-13-30(14-16-32)29-8-4-3-5-9-29/h3-5,8-9,13-16,19,21-23,25,27-28,31,36,38,43H,6-7,10-12,17-18,20,24,26H2,1-2H3/b22-21+/t28-,31-,36+,38+/m0/s1. The van der Waals surface area contributed by atoms with Crippen molar-refractivity contribution >= 4 is 17.7 Å². The summed E-state index contributed by atoms with van der Waals surface area (Å²) in [5, 5.41) is 10.0. The second kappa shape index (κ2) is 18.4. The van der Waals surface area contributed by atoms with Crippen LogP contribution in [0.3, 0.4) is 0 Å². The Morgan fingerprint density at radius 3 is 2.35 bits per heavy atom. The molecule has 1 aliphatic rings. The molecule has 0 aromatic heterocycles. The molecule has 4 atom stereocenters. The molecule has 4 rings (SSSR count). The number of hydrogen-bond acceptors (Lipinski definition) is 6. The summed E-state index contributed by atoms with van der Waals surface area (Å²) < 4.78 is 38.9. The number of aliphatic hydroxyl groups is 1. The highest BCUT2D eigenvalue weighted by atomic mass is 19.1. The van der Waals surface area contributed by atoms with Crippen LogP contribution in [0.4, 0.5) is 8.78 Å². The first kappa shape index (κ1) is 36.7. The number of ketones is 1. The second-order valence-corrected chi connectivity index (χ2v) is 12.9. The van der Waals surface area contributed by atoms with Crippen LogP contribution in [-0.2, 0) is 25.5 Å². The molecule has 8 heteroatoms. The van der Waals surface area contributed by atoms with Gasteiger partial charge in [0.15, 0.2) is 5.78 Å². The lowest BCUT2D eigenvalue weighted by atomic mass is 9.86. The van der Waals surface area contributed by atoms with Crippen molar-refractivity contribution in [2.24, 2.45) is 17.8 Å². The van der Waals surface area contributed by atoms with Crippen LogP contribution in [-0.4, -0.2) is 41.6 Å². The number of aliphatic hydroxyl groups excluding tert-OH is 1. The van der Waals surface area contributed by atoms with Crippen molar-refractivity contribution in [3.63, 3.8) is 0 Å². The molecule has 0 bridgehead atoms. The van der Waals surface area contributed by atoms with E-state index in [2.05, 4.69) is 0 Å². The summed E-state index contributed by atoms with van der Waals surface area (Å²) in [6.07, 6.45) is 7.23. The minimum Gasteiger partial charge on any atom is -0.463 e. The monoisotopic (exact) mass is 660 g/mol. The number of benzene rings is 3. The zero-order valence-corrected chi connectivity index (χ0v) is 27.8. The van der Waals surface area contributed by atoms with E-state index in [1.165, 1.54) is 6.08 Å². The van der Waals surface area contributed by atoms with E-state index in [9.17, 15) is 28.3 Å². The molecule has 48 heavy (non-hydrogen) atoms. The van der Waals surface area contributed by atoms with Crippen LogP contribution in [0.15, 0.2) is 84.9 Å². The van der Waals surface area contributed by atoms with E-state index in [-0.39, 0.29) is 60.6 Å². The first-order valence-corrected chi connectivity index (χ1v) is 16.9. The number of aryl methyl sites for hydroxylation is 1. The predicted octanol–water partition coefficient (Wildman–Crippen LogP) is 8.45. The molecule has 3 aromatic carbocycles. The van der Waals surface area contributed by atoms with Gasteiger partial charge in [-0.15, -0.1) is 0 Å². The molecule has 0 amide bonds. The molecule has 3 aromatic rings. The molecule has 1 N–H and O–H groups in total. The zero-order chi connectivity index (χ0) is 34.5. The highest BCUT2D eigenvalue weighted by Gasteiger charge is 2.37. The van der Waals surface area contributed by atoms with Gasteiger partial charge in [-0.3, -0.25) is 9.59 Å². The summed E-state index contributed by atoms with van der Waals surface area (Å²) in [6.45, 7) is 3.62. The van der Waals surface area contributed by atoms with Crippen LogP contribution in [0.2, 0.25) is 0 Å². The smallest absolute Gasteiger partial charge is 0.338 e. The van der Waals surface area contributed by atoms with Crippen molar-refractivity contribution in [2.75, 3.05) is 6.61 Å². The van der Waals surface area contributed by atoms with Gasteiger partial charge in [-0.1, -0.05) is 48.5 Å². The molecule has 0 heterocycles. The molecule has 6 nitrogen and oxygen atoms in total. The zero-order valence-electron chi connectivity index (χ0n) is 27.8. The van der Waals surface area contributed by atoms with Crippen LogP contribution in [0.1, 0.15) is 81.1 Å². The quantitative estimate of drug-likeness (QED) is 0.115. The van der Waals surface area contributed by atoms with E-state index < -0.39 is 23.7 Å². The molecule has 0 saturated heterocycles.